The van der Waals surface area contributed by atoms with E-state index in [2.05, 4.69) is 27.4 Å². The highest BCUT2D eigenvalue weighted by Gasteiger charge is 2.12. The van der Waals surface area contributed by atoms with Crippen LogP contribution in [0.1, 0.15) is 6.92 Å². The maximum absolute atomic E-state index is 4.27. The summed E-state index contributed by atoms with van der Waals surface area (Å²) in [4.78, 5) is 6.75. The highest BCUT2D eigenvalue weighted by Crippen LogP contribution is 2.04. The molecule has 1 unspecified atom stereocenters. The lowest BCUT2D eigenvalue weighted by Gasteiger charge is -2.30. The van der Waals surface area contributed by atoms with E-state index in [-0.39, 0.29) is 0 Å². The Morgan fingerprint density at radius 2 is 2.25 bits per heavy atom. The lowest BCUT2D eigenvalue weighted by Crippen LogP contribution is -2.47. The van der Waals surface area contributed by atoms with Gasteiger partial charge in [0.15, 0.2) is 0 Å². The molecule has 0 bridgehead atoms. The third-order valence-corrected chi connectivity index (χ3v) is 2.80. The van der Waals surface area contributed by atoms with Gasteiger partial charge in [-0.25, -0.2) is 4.98 Å². The number of rotatable bonds is 4. The van der Waals surface area contributed by atoms with Crippen molar-refractivity contribution in [2.45, 2.75) is 13.0 Å². The molecule has 4 heteroatoms. The summed E-state index contributed by atoms with van der Waals surface area (Å²) in [6.45, 7) is 7.80. The molecule has 0 aromatic carbocycles. The molecule has 0 aliphatic carbocycles. The van der Waals surface area contributed by atoms with Crippen LogP contribution in [-0.4, -0.2) is 48.6 Å². The highest BCUT2D eigenvalue weighted by molar-refractivity contribution is 5.34. The Labute approximate surface area is 97.1 Å². The second-order valence-corrected chi connectivity index (χ2v) is 4.31. The predicted octanol–water partition coefficient (Wildman–Crippen LogP) is 0.787. The Balaban J connectivity index is 1.77. The van der Waals surface area contributed by atoms with E-state index in [1.807, 2.05) is 24.4 Å². The molecule has 1 fully saturated rings. The van der Waals surface area contributed by atoms with Crippen LogP contribution in [0.15, 0.2) is 24.4 Å². The molecule has 1 aliphatic heterocycles. The van der Waals surface area contributed by atoms with Crippen LogP contribution in [0, 0.1) is 0 Å². The van der Waals surface area contributed by atoms with Gasteiger partial charge in [0, 0.05) is 45.0 Å². The van der Waals surface area contributed by atoms with Crippen molar-refractivity contribution < 1.29 is 0 Å². The van der Waals surface area contributed by atoms with E-state index < -0.39 is 0 Å². The first-order valence-electron chi connectivity index (χ1n) is 5.95. The van der Waals surface area contributed by atoms with E-state index in [1.54, 1.807) is 0 Å². The first-order chi connectivity index (χ1) is 7.84. The van der Waals surface area contributed by atoms with Crippen LogP contribution >= 0.6 is 0 Å². The molecule has 1 aromatic heterocycles. The molecule has 0 radical (unpaired) electrons. The van der Waals surface area contributed by atoms with Gasteiger partial charge in [-0.3, -0.25) is 4.90 Å². The summed E-state index contributed by atoms with van der Waals surface area (Å²) in [5.41, 5.74) is 0. The molecule has 0 amide bonds. The number of aromatic nitrogens is 1. The molecule has 1 saturated heterocycles. The van der Waals surface area contributed by atoms with Gasteiger partial charge in [0.25, 0.3) is 0 Å². The largest absolute Gasteiger partial charge is 0.366 e. The van der Waals surface area contributed by atoms with Crippen molar-refractivity contribution in [1.82, 2.24) is 15.2 Å². The molecule has 2 heterocycles. The molecule has 0 saturated carbocycles. The molecule has 2 rings (SSSR count). The summed E-state index contributed by atoms with van der Waals surface area (Å²) < 4.78 is 0. The Bertz CT molecular complexity index is 295. The van der Waals surface area contributed by atoms with Gasteiger partial charge >= 0.3 is 0 Å². The van der Waals surface area contributed by atoms with Crippen molar-refractivity contribution >= 4 is 5.82 Å². The quantitative estimate of drug-likeness (QED) is 0.787. The first kappa shape index (κ1) is 11.4. The summed E-state index contributed by atoms with van der Waals surface area (Å²) >= 11 is 0. The molecule has 1 atom stereocenters. The Hall–Kier alpha value is -1.13. The molecule has 4 nitrogen and oxygen atoms in total. The van der Waals surface area contributed by atoms with Crippen LogP contribution in [0.2, 0.25) is 0 Å². The van der Waals surface area contributed by atoms with Crippen LogP contribution < -0.4 is 10.6 Å². The fraction of sp³-hybridized carbons (Fsp3) is 0.583. The van der Waals surface area contributed by atoms with Crippen molar-refractivity contribution in [3.63, 3.8) is 0 Å². The van der Waals surface area contributed by atoms with Gasteiger partial charge in [-0.1, -0.05) is 6.07 Å². The molecule has 1 aliphatic rings. The summed E-state index contributed by atoms with van der Waals surface area (Å²) in [6, 6.07) is 6.39. The monoisotopic (exact) mass is 220 g/mol. The minimum absolute atomic E-state index is 0.438. The number of hydrogen-bond acceptors (Lipinski definition) is 4. The summed E-state index contributed by atoms with van der Waals surface area (Å²) in [6.07, 6.45) is 1.82. The fourth-order valence-corrected chi connectivity index (χ4v) is 2.03. The topological polar surface area (TPSA) is 40.2 Å². The Morgan fingerprint density at radius 1 is 1.44 bits per heavy atom. The standard InChI is InChI=1S/C12H20N4/c1-11(10-16-8-6-13-7-9-16)15-12-4-2-3-5-14-12/h2-5,11,13H,6-10H2,1H3,(H,14,15). The smallest absolute Gasteiger partial charge is 0.126 e. The Morgan fingerprint density at radius 3 is 2.94 bits per heavy atom. The van der Waals surface area contributed by atoms with Gasteiger partial charge < -0.3 is 10.6 Å². The summed E-state index contributed by atoms with van der Waals surface area (Å²) in [5.74, 6) is 0.963. The van der Waals surface area contributed by atoms with Crippen LogP contribution in [-0.2, 0) is 0 Å². The molecule has 1 aromatic rings. The lowest BCUT2D eigenvalue weighted by molar-refractivity contribution is 0.235. The van der Waals surface area contributed by atoms with Gasteiger partial charge in [-0.05, 0) is 19.1 Å². The molecular formula is C12H20N4. The van der Waals surface area contributed by atoms with E-state index in [4.69, 9.17) is 0 Å². The summed E-state index contributed by atoms with van der Waals surface area (Å²) in [5, 5.41) is 6.78. The summed E-state index contributed by atoms with van der Waals surface area (Å²) in [7, 11) is 0. The molecule has 16 heavy (non-hydrogen) atoms. The number of nitrogens with one attached hydrogen (secondary N) is 2. The first-order valence-corrected chi connectivity index (χ1v) is 5.95. The Kier molecular flexibility index (Phi) is 4.13. The van der Waals surface area contributed by atoms with Crippen molar-refractivity contribution in [3.8, 4) is 0 Å². The van der Waals surface area contributed by atoms with E-state index >= 15 is 0 Å². The van der Waals surface area contributed by atoms with Gasteiger partial charge in [-0.2, -0.15) is 0 Å². The number of anilines is 1. The highest BCUT2D eigenvalue weighted by atomic mass is 15.2. The lowest BCUT2D eigenvalue weighted by atomic mass is 10.2. The average molecular weight is 220 g/mol. The zero-order valence-corrected chi connectivity index (χ0v) is 9.82. The third kappa shape index (κ3) is 3.47. The molecular weight excluding hydrogens is 200 g/mol. The maximum atomic E-state index is 4.27. The zero-order valence-electron chi connectivity index (χ0n) is 9.82. The van der Waals surface area contributed by atoms with Crippen LogP contribution in [0.5, 0.6) is 0 Å². The molecule has 0 spiro atoms. The van der Waals surface area contributed by atoms with E-state index in [0.29, 0.717) is 6.04 Å². The maximum Gasteiger partial charge on any atom is 0.126 e. The average Bonchev–Trinajstić information content (AvgIpc) is 2.31. The minimum Gasteiger partial charge on any atom is -0.366 e. The fourth-order valence-electron chi connectivity index (χ4n) is 2.03. The molecule has 88 valence electrons. The van der Waals surface area contributed by atoms with Gasteiger partial charge in [0.2, 0.25) is 0 Å². The van der Waals surface area contributed by atoms with Gasteiger partial charge in [0.05, 0.1) is 0 Å². The van der Waals surface area contributed by atoms with Gasteiger partial charge in [0.1, 0.15) is 5.82 Å². The van der Waals surface area contributed by atoms with Crippen LogP contribution in [0.3, 0.4) is 0 Å². The molecule has 2 N–H and O–H groups in total. The third-order valence-electron chi connectivity index (χ3n) is 2.80. The number of hydrogen-bond donors (Lipinski definition) is 2. The zero-order chi connectivity index (χ0) is 11.2. The number of nitrogens with zero attached hydrogens (tertiary/aromatic N) is 2. The van der Waals surface area contributed by atoms with Crippen molar-refractivity contribution in [1.29, 1.82) is 0 Å². The number of pyridine rings is 1. The number of piperazine rings is 1. The van der Waals surface area contributed by atoms with Crippen molar-refractivity contribution in [2.75, 3.05) is 38.0 Å². The van der Waals surface area contributed by atoms with E-state index in [9.17, 15) is 0 Å². The SMILES string of the molecule is CC(CN1CCNCC1)Nc1ccccn1. The van der Waals surface area contributed by atoms with E-state index in [0.717, 1.165) is 38.5 Å². The normalized spacial score (nSPS) is 19.3. The van der Waals surface area contributed by atoms with Crippen molar-refractivity contribution in [3.05, 3.63) is 24.4 Å². The van der Waals surface area contributed by atoms with Gasteiger partial charge in [-0.15, -0.1) is 0 Å². The van der Waals surface area contributed by atoms with Crippen LogP contribution in [0.4, 0.5) is 5.82 Å². The van der Waals surface area contributed by atoms with Crippen LogP contribution in [0.25, 0.3) is 0 Å². The second kappa shape index (κ2) is 5.82. The van der Waals surface area contributed by atoms with E-state index in [1.165, 1.54) is 0 Å². The second-order valence-electron chi connectivity index (χ2n) is 4.31. The van der Waals surface area contributed by atoms with Crippen molar-refractivity contribution in [2.24, 2.45) is 0 Å². The minimum atomic E-state index is 0.438. The predicted molar refractivity (Wildman–Crippen MR) is 66.6 cm³/mol.